The normalized spacial score (nSPS) is 24.5. The third-order valence-corrected chi connectivity index (χ3v) is 7.43. The monoisotopic (exact) mass is 431 g/mol. The molecular formula is C21H25N3O5S. The van der Waals surface area contributed by atoms with Gasteiger partial charge in [-0.05, 0) is 30.2 Å². The molecule has 4 rings (SSSR count). The number of piperidine rings is 1. The lowest BCUT2D eigenvalue weighted by Crippen LogP contribution is -2.49. The van der Waals surface area contributed by atoms with Gasteiger partial charge in [0, 0.05) is 55.3 Å². The molecule has 1 N–H and O–H groups in total. The Morgan fingerprint density at radius 2 is 1.90 bits per heavy atom. The molecule has 0 bridgehead atoms. The number of ether oxygens (including phenoxy) is 1. The van der Waals surface area contributed by atoms with E-state index in [1.165, 1.54) is 18.5 Å². The van der Waals surface area contributed by atoms with E-state index in [4.69, 9.17) is 4.74 Å². The first-order chi connectivity index (χ1) is 14.3. The second-order valence-corrected chi connectivity index (χ2v) is 9.86. The van der Waals surface area contributed by atoms with Gasteiger partial charge >= 0.3 is 0 Å². The average Bonchev–Trinajstić information content (AvgIpc) is 3.12. The van der Waals surface area contributed by atoms with E-state index in [2.05, 4.69) is 4.98 Å². The van der Waals surface area contributed by atoms with Crippen LogP contribution >= 0.6 is 0 Å². The van der Waals surface area contributed by atoms with Crippen molar-refractivity contribution in [3.8, 4) is 5.75 Å². The van der Waals surface area contributed by atoms with Crippen LogP contribution in [0.1, 0.15) is 28.3 Å². The Hall–Kier alpha value is -2.65. The van der Waals surface area contributed by atoms with Crippen LogP contribution in [0.3, 0.4) is 0 Å². The van der Waals surface area contributed by atoms with Crippen molar-refractivity contribution in [1.29, 1.82) is 0 Å². The third-order valence-electron chi connectivity index (χ3n) is 6.16. The van der Waals surface area contributed by atoms with E-state index in [0.717, 1.165) is 11.3 Å². The van der Waals surface area contributed by atoms with Crippen LogP contribution in [0.5, 0.6) is 5.75 Å². The molecule has 1 aromatic carbocycles. The van der Waals surface area contributed by atoms with Crippen molar-refractivity contribution in [2.45, 2.75) is 18.4 Å². The molecule has 2 aromatic rings. The highest BCUT2D eigenvalue weighted by molar-refractivity contribution is 7.88. The first-order valence-electron chi connectivity index (χ1n) is 9.86. The molecule has 3 atom stereocenters. The lowest BCUT2D eigenvalue weighted by atomic mass is 9.81. The number of sulfonamides is 1. The highest BCUT2D eigenvalue weighted by atomic mass is 32.2. The molecule has 2 aliphatic heterocycles. The molecule has 2 aliphatic rings. The fraction of sp³-hybridized carbons (Fsp3) is 0.429. The minimum atomic E-state index is -3.36. The van der Waals surface area contributed by atoms with Crippen LogP contribution in [0.2, 0.25) is 0 Å². The standard InChI is InChI=1S/C21H25N3O5S/c1-29-16-5-3-14(4-6-16)17-13-24(30(2,27)28)19-8-10-23(12-18(17)19)21(26)15-7-9-22-20(25)11-15/h3-7,9,11,17-19H,8,10,12-13H2,1-2H3,(H,22,25)/t17-,18-,19-/m0/s1. The summed E-state index contributed by atoms with van der Waals surface area (Å²) >= 11 is 0. The molecule has 0 radical (unpaired) electrons. The number of carbonyl (C=O) groups is 1. The van der Waals surface area contributed by atoms with Crippen LogP contribution in [0.25, 0.3) is 0 Å². The number of fused-ring (bicyclic) bond motifs is 1. The number of amides is 1. The lowest BCUT2D eigenvalue weighted by Gasteiger charge is -2.38. The molecule has 160 valence electrons. The molecule has 0 aliphatic carbocycles. The maximum Gasteiger partial charge on any atom is 0.254 e. The highest BCUT2D eigenvalue weighted by Gasteiger charge is 2.49. The molecule has 30 heavy (non-hydrogen) atoms. The van der Waals surface area contributed by atoms with E-state index in [1.807, 2.05) is 24.3 Å². The van der Waals surface area contributed by atoms with Crippen molar-refractivity contribution in [3.63, 3.8) is 0 Å². The number of H-pyrrole nitrogens is 1. The minimum Gasteiger partial charge on any atom is -0.497 e. The summed E-state index contributed by atoms with van der Waals surface area (Å²) in [6.45, 7) is 1.29. The van der Waals surface area contributed by atoms with E-state index < -0.39 is 10.0 Å². The molecule has 9 heteroatoms. The molecule has 0 saturated carbocycles. The van der Waals surface area contributed by atoms with Gasteiger partial charge in [0.2, 0.25) is 15.6 Å². The lowest BCUT2D eigenvalue weighted by molar-refractivity contribution is 0.0631. The van der Waals surface area contributed by atoms with E-state index in [0.29, 0.717) is 31.6 Å². The maximum absolute atomic E-state index is 13.0. The quantitative estimate of drug-likeness (QED) is 0.786. The van der Waals surface area contributed by atoms with Crippen LogP contribution in [-0.4, -0.2) is 67.6 Å². The number of carbonyl (C=O) groups excluding carboxylic acids is 1. The zero-order valence-corrected chi connectivity index (χ0v) is 17.8. The van der Waals surface area contributed by atoms with Gasteiger partial charge in [-0.2, -0.15) is 4.31 Å². The van der Waals surface area contributed by atoms with Crippen LogP contribution in [0.15, 0.2) is 47.4 Å². The van der Waals surface area contributed by atoms with Crippen LogP contribution in [0.4, 0.5) is 0 Å². The fourth-order valence-electron chi connectivity index (χ4n) is 4.72. The summed E-state index contributed by atoms with van der Waals surface area (Å²) in [5, 5.41) is 0. The van der Waals surface area contributed by atoms with Gasteiger partial charge in [0.05, 0.1) is 13.4 Å². The van der Waals surface area contributed by atoms with Crippen molar-refractivity contribution in [2.24, 2.45) is 5.92 Å². The largest absolute Gasteiger partial charge is 0.497 e. The number of benzene rings is 1. The Balaban J connectivity index is 1.63. The SMILES string of the molecule is COc1ccc([C@@H]2CN(S(C)(=O)=O)[C@H]3CCN(C(=O)c4cc[nH]c(=O)c4)C[C@@H]23)cc1. The van der Waals surface area contributed by atoms with Crippen molar-refractivity contribution >= 4 is 15.9 Å². The number of likely N-dealkylation sites (tertiary alicyclic amines) is 1. The summed E-state index contributed by atoms with van der Waals surface area (Å²) in [4.78, 5) is 28.8. The number of pyridine rings is 1. The predicted octanol–water partition coefficient (Wildman–Crippen LogP) is 1.27. The van der Waals surface area contributed by atoms with Gasteiger partial charge in [-0.15, -0.1) is 0 Å². The fourth-order valence-corrected chi connectivity index (χ4v) is 5.90. The molecule has 0 unspecified atom stereocenters. The number of methoxy groups -OCH3 is 1. The van der Waals surface area contributed by atoms with E-state index in [1.54, 1.807) is 22.4 Å². The van der Waals surface area contributed by atoms with Crippen molar-refractivity contribution < 1.29 is 17.9 Å². The molecule has 2 saturated heterocycles. The zero-order valence-electron chi connectivity index (χ0n) is 16.9. The number of hydrogen-bond donors (Lipinski definition) is 1. The summed E-state index contributed by atoms with van der Waals surface area (Å²) in [6, 6.07) is 10.4. The number of nitrogens with one attached hydrogen (secondary N) is 1. The topological polar surface area (TPSA) is 99.8 Å². The summed E-state index contributed by atoms with van der Waals surface area (Å²) in [6.07, 6.45) is 3.27. The second kappa shape index (κ2) is 7.88. The number of aromatic nitrogens is 1. The second-order valence-electron chi connectivity index (χ2n) is 7.92. The first-order valence-corrected chi connectivity index (χ1v) is 11.7. The smallest absolute Gasteiger partial charge is 0.254 e. The molecule has 8 nitrogen and oxygen atoms in total. The van der Waals surface area contributed by atoms with E-state index in [9.17, 15) is 18.0 Å². The zero-order chi connectivity index (χ0) is 21.5. The van der Waals surface area contributed by atoms with Crippen LogP contribution in [0, 0.1) is 5.92 Å². The van der Waals surface area contributed by atoms with Gasteiger partial charge in [0.25, 0.3) is 5.91 Å². The number of hydrogen-bond acceptors (Lipinski definition) is 5. The molecule has 1 aromatic heterocycles. The van der Waals surface area contributed by atoms with Gasteiger partial charge in [-0.3, -0.25) is 9.59 Å². The summed E-state index contributed by atoms with van der Waals surface area (Å²) in [5.74, 6) is 0.493. The Labute approximate surface area is 175 Å². The number of rotatable bonds is 4. The summed E-state index contributed by atoms with van der Waals surface area (Å²) in [5.41, 5.74) is 1.05. The minimum absolute atomic E-state index is 0.0205. The van der Waals surface area contributed by atoms with Crippen molar-refractivity contribution in [3.05, 3.63) is 64.1 Å². The first kappa shape index (κ1) is 20.6. The van der Waals surface area contributed by atoms with Gasteiger partial charge in [0.1, 0.15) is 5.75 Å². The Morgan fingerprint density at radius 1 is 1.17 bits per heavy atom. The number of nitrogens with zero attached hydrogens (tertiary/aromatic N) is 2. The van der Waals surface area contributed by atoms with Gasteiger partial charge in [-0.25, -0.2) is 8.42 Å². The molecule has 3 heterocycles. The van der Waals surface area contributed by atoms with Crippen molar-refractivity contribution in [1.82, 2.24) is 14.2 Å². The Bertz CT molecular complexity index is 1100. The van der Waals surface area contributed by atoms with Crippen LogP contribution < -0.4 is 10.3 Å². The maximum atomic E-state index is 13.0. The van der Waals surface area contributed by atoms with Gasteiger partial charge in [-0.1, -0.05) is 12.1 Å². The third kappa shape index (κ3) is 3.87. The van der Waals surface area contributed by atoms with Crippen LogP contribution in [-0.2, 0) is 10.0 Å². The van der Waals surface area contributed by atoms with Crippen molar-refractivity contribution in [2.75, 3.05) is 33.0 Å². The summed E-state index contributed by atoms with van der Waals surface area (Å²) in [7, 11) is -1.76. The van der Waals surface area contributed by atoms with Gasteiger partial charge < -0.3 is 14.6 Å². The van der Waals surface area contributed by atoms with E-state index in [-0.39, 0.29) is 29.3 Å². The summed E-state index contributed by atoms with van der Waals surface area (Å²) < 4.78 is 31.7. The van der Waals surface area contributed by atoms with E-state index >= 15 is 0 Å². The predicted molar refractivity (Wildman–Crippen MR) is 112 cm³/mol. The Morgan fingerprint density at radius 3 is 2.53 bits per heavy atom. The highest BCUT2D eigenvalue weighted by Crippen LogP contribution is 2.43. The Kier molecular flexibility index (Phi) is 5.42. The molecule has 2 fully saturated rings. The average molecular weight is 432 g/mol. The molecule has 1 amide bonds. The molecule has 0 spiro atoms. The number of aromatic amines is 1. The van der Waals surface area contributed by atoms with Gasteiger partial charge in [0.15, 0.2) is 0 Å². The molecular weight excluding hydrogens is 406 g/mol.